The van der Waals surface area contributed by atoms with E-state index in [1.807, 2.05) is 17.0 Å². The number of nitrogens with zero attached hydrogens (tertiary/aromatic N) is 3. The maximum Gasteiger partial charge on any atom is 0.224 e. The van der Waals surface area contributed by atoms with Crippen molar-refractivity contribution in [3.8, 4) is 5.75 Å². The van der Waals surface area contributed by atoms with E-state index >= 15 is 0 Å². The van der Waals surface area contributed by atoms with Gasteiger partial charge in [0.1, 0.15) is 11.9 Å². The summed E-state index contributed by atoms with van der Waals surface area (Å²) in [4.78, 5) is 20.7. The lowest BCUT2D eigenvalue weighted by Gasteiger charge is -2.41. The zero-order valence-corrected chi connectivity index (χ0v) is 15.1. The van der Waals surface area contributed by atoms with Crippen LogP contribution in [0.5, 0.6) is 5.75 Å². The van der Waals surface area contributed by atoms with Crippen LogP contribution in [0, 0.1) is 0 Å². The fraction of sp³-hybridized carbons (Fsp3) is 0.684. The standard InChI is InChI=1S/C19H29N3O3/c1-24-15-8-19(23)22-11-4-16(5-12-22)21-13-6-18(7-14-21)25-17-2-9-20-10-3-17/h2-3,9-10,16,18H,4-8,11-15H2,1H3. The number of hydrogen-bond donors (Lipinski definition) is 0. The van der Waals surface area contributed by atoms with E-state index in [0.29, 0.717) is 25.2 Å². The van der Waals surface area contributed by atoms with Gasteiger partial charge in [0.25, 0.3) is 0 Å². The average molecular weight is 347 g/mol. The summed E-state index contributed by atoms with van der Waals surface area (Å²) in [5.74, 6) is 1.14. The highest BCUT2D eigenvalue weighted by atomic mass is 16.5. The Bertz CT molecular complexity index is 524. The topological polar surface area (TPSA) is 54.9 Å². The van der Waals surface area contributed by atoms with Gasteiger partial charge in [-0.3, -0.25) is 14.7 Å². The molecule has 2 fully saturated rings. The van der Waals surface area contributed by atoms with Crippen molar-refractivity contribution < 1.29 is 14.3 Å². The number of piperidine rings is 2. The third-order valence-corrected chi connectivity index (χ3v) is 5.28. The van der Waals surface area contributed by atoms with E-state index < -0.39 is 0 Å². The van der Waals surface area contributed by atoms with E-state index in [-0.39, 0.29) is 5.91 Å². The van der Waals surface area contributed by atoms with Crippen molar-refractivity contribution in [3.05, 3.63) is 24.5 Å². The molecule has 0 bridgehead atoms. The van der Waals surface area contributed by atoms with E-state index in [1.165, 1.54) is 0 Å². The zero-order valence-electron chi connectivity index (χ0n) is 15.1. The first-order chi connectivity index (χ1) is 12.3. The van der Waals surface area contributed by atoms with E-state index in [9.17, 15) is 4.79 Å². The van der Waals surface area contributed by atoms with Crippen LogP contribution < -0.4 is 4.74 Å². The van der Waals surface area contributed by atoms with Gasteiger partial charge in [0.2, 0.25) is 5.91 Å². The minimum atomic E-state index is 0.227. The molecular weight excluding hydrogens is 318 g/mol. The summed E-state index contributed by atoms with van der Waals surface area (Å²) in [5, 5.41) is 0. The first kappa shape index (κ1) is 18.1. The number of carbonyl (C=O) groups excluding carboxylic acids is 1. The maximum absolute atomic E-state index is 12.1. The largest absolute Gasteiger partial charge is 0.490 e. The first-order valence-corrected chi connectivity index (χ1v) is 9.33. The maximum atomic E-state index is 12.1. The van der Waals surface area contributed by atoms with Crippen LogP contribution in [0.1, 0.15) is 32.1 Å². The van der Waals surface area contributed by atoms with Crippen molar-refractivity contribution in [1.29, 1.82) is 0 Å². The highest BCUT2D eigenvalue weighted by Crippen LogP contribution is 2.23. The number of aromatic nitrogens is 1. The lowest BCUT2D eigenvalue weighted by Crippen LogP contribution is -2.50. The minimum Gasteiger partial charge on any atom is -0.490 e. The van der Waals surface area contributed by atoms with E-state index in [4.69, 9.17) is 9.47 Å². The van der Waals surface area contributed by atoms with Gasteiger partial charge >= 0.3 is 0 Å². The van der Waals surface area contributed by atoms with Gasteiger partial charge in [0.15, 0.2) is 0 Å². The highest BCUT2D eigenvalue weighted by molar-refractivity contribution is 5.76. The molecule has 2 aliphatic heterocycles. The lowest BCUT2D eigenvalue weighted by atomic mass is 9.98. The molecule has 0 aromatic carbocycles. The second-order valence-electron chi connectivity index (χ2n) is 6.89. The van der Waals surface area contributed by atoms with Crippen LogP contribution in [-0.4, -0.2) is 72.7 Å². The molecule has 0 aliphatic carbocycles. The molecule has 1 aromatic heterocycles. The number of rotatable bonds is 6. The molecule has 1 aromatic rings. The van der Waals surface area contributed by atoms with Crippen LogP contribution >= 0.6 is 0 Å². The van der Waals surface area contributed by atoms with Crippen LogP contribution in [0.25, 0.3) is 0 Å². The van der Waals surface area contributed by atoms with Gasteiger partial charge in [0.05, 0.1) is 13.0 Å². The van der Waals surface area contributed by atoms with Crippen molar-refractivity contribution >= 4 is 5.91 Å². The number of methoxy groups -OCH3 is 1. The monoisotopic (exact) mass is 347 g/mol. The summed E-state index contributed by atoms with van der Waals surface area (Å²) in [5.41, 5.74) is 0. The van der Waals surface area contributed by atoms with Gasteiger partial charge in [0, 0.05) is 51.7 Å². The molecule has 0 atom stereocenters. The molecule has 138 valence electrons. The van der Waals surface area contributed by atoms with Gasteiger partial charge < -0.3 is 14.4 Å². The third-order valence-electron chi connectivity index (χ3n) is 5.28. The van der Waals surface area contributed by atoms with Crippen molar-refractivity contribution in [2.24, 2.45) is 0 Å². The van der Waals surface area contributed by atoms with Crippen molar-refractivity contribution in [2.45, 2.75) is 44.2 Å². The van der Waals surface area contributed by atoms with E-state index in [0.717, 1.165) is 57.6 Å². The zero-order chi connectivity index (χ0) is 17.5. The second kappa shape index (κ2) is 9.15. The number of pyridine rings is 1. The van der Waals surface area contributed by atoms with Crippen molar-refractivity contribution in [2.75, 3.05) is 39.9 Å². The summed E-state index contributed by atoms with van der Waals surface area (Å²) < 4.78 is 11.0. The predicted octanol–water partition coefficient (Wildman–Crippen LogP) is 1.95. The van der Waals surface area contributed by atoms with E-state index in [2.05, 4.69) is 9.88 Å². The van der Waals surface area contributed by atoms with Gasteiger partial charge in [-0.05, 0) is 37.8 Å². The summed E-state index contributed by atoms with van der Waals surface area (Å²) in [6.07, 6.45) is 8.62. The number of ether oxygens (including phenoxy) is 2. The van der Waals surface area contributed by atoms with Gasteiger partial charge in [-0.2, -0.15) is 0 Å². The van der Waals surface area contributed by atoms with Crippen LogP contribution in [0.2, 0.25) is 0 Å². The van der Waals surface area contributed by atoms with Gasteiger partial charge in [-0.25, -0.2) is 0 Å². The molecule has 0 unspecified atom stereocenters. The molecule has 3 heterocycles. The SMILES string of the molecule is COCCC(=O)N1CCC(N2CCC(Oc3ccncc3)CC2)CC1. The summed E-state index contributed by atoms with van der Waals surface area (Å²) in [6.45, 7) is 4.43. The summed E-state index contributed by atoms with van der Waals surface area (Å²) in [7, 11) is 1.64. The molecule has 0 radical (unpaired) electrons. The Morgan fingerprint density at radius 3 is 2.44 bits per heavy atom. The molecular formula is C19H29N3O3. The Kier molecular flexibility index (Phi) is 6.64. The van der Waals surface area contributed by atoms with Gasteiger partial charge in [-0.1, -0.05) is 0 Å². The second-order valence-corrected chi connectivity index (χ2v) is 6.89. The van der Waals surface area contributed by atoms with Crippen LogP contribution in [0.4, 0.5) is 0 Å². The Balaban J connectivity index is 1.38. The number of amides is 1. The molecule has 1 amide bonds. The smallest absolute Gasteiger partial charge is 0.224 e. The van der Waals surface area contributed by atoms with Crippen molar-refractivity contribution in [3.63, 3.8) is 0 Å². The molecule has 2 aliphatic rings. The van der Waals surface area contributed by atoms with Crippen LogP contribution in [-0.2, 0) is 9.53 Å². The Morgan fingerprint density at radius 2 is 1.80 bits per heavy atom. The molecule has 2 saturated heterocycles. The molecule has 0 N–H and O–H groups in total. The van der Waals surface area contributed by atoms with Crippen molar-refractivity contribution in [1.82, 2.24) is 14.8 Å². The number of carbonyl (C=O) groups is 1. The summed E-state index contributed by atoms with van der Waals surface area (Å²) in [6, 6.07) is 4.44. The molecule has 0 saturated carbocycles. The molecule has 25 heavy (non-hydrogen) atoms. The summed E-state index contributed by atoms with van der Waals surface area (Å²) >= 11 is 0. The predicted molar refractivity (Wildman–Crippen MR) is 95.6 cm³/mol. The van der Waals surface area contributed by atoms with Gasteiger partial charge in [-0.15, -0.1) is 0 Å². The quantitative estimate of drug-likeness (QED) is 0.787. The Labute approximate surface area is 150 Å². The fourth-order valence-corrected chi connectivity index (χ4v) is 3.80. The first-order valence-electron chi connectivity index (χ1n) is 9.33. The average Bonchev–Trinajstić information content (AvgIpc) is 2.68. The Hall–Kier alpha value is -1.66. The van der Waals surface area contributed by atoms with Crippen LogP contribution in [0.15, 0.2) is 24.5 Å². The molecule has 6 nitrogen and oxygen atoms in total. The third kappa shape index (κ3) is 5.16. The van der Waals surface area contributed by atoms with Crippen LogP contribution in [0.3, 0.4) is 0 Å². The molecule has 3 rings (SSSR count). The molecule has 0 spiro atoms. The Morgan fingerprint density at radius 1 is 1.12 bits per heavy atom. The minimum absolute atomic E-state index is 0.227. The molecule has 6 heteroatoms. The number of hydrogen-bond acceptors (Lipinski definition) is 5. The normalized spacial score (nSPS) is 20.6. The highest BCUT2D eigenvalue weighted by Gasteiger charge is 2.30. The fourth-order valence-electron chi connectivity index (χ4n) is 3.80. The van der Waals surface area contributed by atoms with E-state index in [1.54, 1.807) is 19.5 Å². The number of likely N-dealkylation sites (tertiary alicyclic amines) is 2. The lowest BCUT2D eigenvalue weighted by molar-refractivity contribution is -0.133.